The molecule has 0 N–H and O–H groups in total. The highest BCUT2D eigenvalue weighted by Crippen LogP contribution is 2.08. The second-order valence-corrected chi connectivity index (χ2v) is 3.00. The number of nitrogens with zero attached hydrogens (tertiary/aromatic N) is 2. The van der Waals surface area contributed by atoms with Crippen molar-refractivity contribution in [3.05, 3.63) is 12.3 Å². The van der Waals surface area contributed by atoms with Crippen molar-refractivity contribution in [2.24, 2.45) is 9.98 Å². The summed E-state index contributed by atoms with van der Waals surface area (Å²) in [5.41, 5.74) is 0.899. The zero-order valence-electron chi connectivity index (χ0n) is 6.63. The Balaban J connectivity index is 2.93. The monoisotopic (exact) mass is 136 g/mol. The first-order valence-electron chi connectivity index (χ1n) is 3.37. The largest absolute Gasteiger partial charge is 0.278 e. The molecule has 1 rings (SSSR count). The molecule has 0 aliphatic carbocycles. The van der Waals surface area contributed by atoms with Crippen LogP contribution in [0.5, 0.6) is 0 Å². The van der Waals surface area contributed by atoms with Gasteiger partial charge in [0.15, 0.2) is 0 Å². The van der Waals surface area contributed by atoms with Crippen LogP contribution >= 0.6 is 0 Å². The van der Waals surface area contributed by atoms with Crippen LogP contribution in [0, 0.1) is 0 Å². The Hall–Kier alpha value is -0.920. The van der Waals surface area contributed by atoms with Gasteiger partial charge in [-0.2, -0.15) is 0 Å². The van der Waals surface area contributed by atoms with Crippen LogP contribution in [0.25, 0.3) is 0 Å². The van der Waals surface area contributed by atoms with Crippen LogP contribution in [0.4, 0.5) is 0 Å². The van der Waals surface area contributed by atoms with Gasteiger partial charge in [0.1, 0.15) is 0 Å². The predicted molar refractivity (Wildman–Crippen MR) is 44.8 cm³/mol. The van der Waals surface area contributed by atoms with E-state index in [9.17, 15) is 0 Å². The average molecular weight is 136 g/mol. The Morgan fingerprint density at radius 1 is 1.40 bits per heavy atom. The van der Waals surface area contributed by atoms with E-state index in [4.69, 9.17) is 0 Å². The van der Waals surface area contributed by atoms with Crippen molar-refractivity contribution < 1.29 is 0 Å². The quantitative estimate of drug-likeness (QED) is 0.485. The molecule has 0 amide bonds. The number of hydrogen-bond acceptors (Lipinski definition) is 2. The third-order valence-electron chi connectivity index (χ3n) is 1.26. The van der Waals surface area contributed by atoms with Gasteiger partial charge in [0.25, 0.3) is 0 Å². The Kier molecular flexibility index (Phi) is 1.70. The van der Waals surface area contributed by atoms with Crippen molar-refractivity contribution in [1.29, 1.82) is 0 Å². The van der Waals surface area contributed by atoms with E-state index in [-0.39, 0.29) is 5.54 Å². The summed E-state index contributed by atoms with van der Waals surface area (Å²) in [6, 6.07) is 0. The molecule has 2 nitrogen and oxygen atoms in total. The fraction of sp³-hybridized carbons (Fsp3) is 0.500. The molecule has 1 heterocycles. The smallest absolute Gasteiger partial charge is 0.0904 e. The van der Waals surface area contributed by atoms with E-state index < -0.39 is 0 Å². The SMILES string of the molecule is CC1=NC(C)(C)C=NC=C1. The van der Waals surface area contributed by atoms with Gasteiger partial charge in [0, 0.05) is 18.1 Å². The zero-order valence-corrected chi connectivity index (χ0v) is 6.63. The Morgan fingerprint density at radius 3 is 2.80 bits per heavy atom. The second kappa shape index (κ2) is 2.37. The average Bonchev–Trinajstić information content (AvgIpc) is 1.90. The molecule has 10 heavy (non-hydrogen) atoms. The summed E-state index contributed by atoms with van der Waals surface area (Å²) >= 11 is 0. The second-order valence-electron chi connectivity index (χ2n) is 3.00. The van der Waals surface area contributed by atoms with E-state index in [0.29, 0.717) is 0 Å². The summed E-state index contributed by atoms with van der Waals surface area (Å²) in [5.74, 6) is 0. The van der Waals surface area contributed by atoms with Gasteiger partial charge in [0.05, 0.1) is 5.54 Å². The molecule has 0 aromatic rings. The van der Waals surface area contributed by atoms with Gasteiger partial charge >= 0.3 is 0 Å². The van der Waals surface area contributed by atoms with Gasteiger partial charge < -0.3 is 0 Å². The number of rotatable bonds is 0. The summed E-state index contributed by atoms with van der Waals surface area (Å²) in [6.45, 7) is 6.05. The lowest BCUT2D eigenvalue weighted by molar-refractivity contribution is 0.719. The van der Waals surface area contributed by atoms with E-state index in [1.54, 1.807) is 6.20 Å². The molecule has 0 saturated heterocycles. The minimum Gasteiger partial charge on any atom is -0.278 e. The van der Waals surface area contributed by atoms with Gasteiger partial charge in [0.2, 0.25) is 0 Å². The molecule has 0 spiro atoms. The lowest BCUT2D eigenvalue weighted by atomic mass is 10.1. The molecule has 0 atom stereocenters. The first-order valence-corrected chi connectivity index (χ1v) is 3.37. The van der Waals surface area contributed by atoms with Crippen molar-refractivity contribution in [2.75, 3.05) is 0 Å². The van der Waals surface area contributed by atoms with E-state index in [2.05, 4.69) is 9.98 Å². The van der Waals surface area contributed by atoms with E-state index in [0.717, 1.165) is 5.71 Å². The summed E-state index contributed by atoms with van der Waals surface area (Å²) in [7, 11) is 0. The Morgan fingerprint density at radius 2 is 2.10 bits per heavy atom. The minimum absolute atomic E-state index is 0.131. The van der Waals surface area contributed by atoms with Crippen LogP contribution < -0.4 is 0 Å². The summed E-state index contributed by atoms with van der Waals surface area (Å²) in [5, 5.41) is 0. The van der Waals surface area contributed by atoms with Gasteiger partial charge in [-0.05, 0) is 26.8 Å². The molecule has 2 heteroatoms. The maximum absolute atomic E-state index is 4.39. The van der Waals surface area contributed by atoms with Crippen molar-refractivity contribution in [3.63, 3.8) is 0 Å². The van der Waals surface area contributed by atoms with Crippen LogP contribution in [-0.2, 0) is 0 Å². The number of hydrogen-bond donors (Lipinski definition) is 0. The third kappa shape index (κ3) is 1.79. The van der Waals surface area contributed by atoms with Crippen LogP contribution in [0.15, 0.2) is 22.3 Å². The van der Waals surface area contributed by atoms with Gasteiger partial charge in [-0.15, -0.1) is 0 Å². The predicted octanol–water partition coefficient (Wildman–Crippen LogP) is 1.82. The minimum atomic E-state index is -0.131. The molecule has 0 saturated carbocycles. The van der Waals surface area contributed by atoms with Crippen molar-refractivity contribution >= 4 is 11.9 Å². The molecule has 0 radical (unpaired) electrons. The third-order valence-corrected chi connectivity index (χ3v) is 1.26. The Labute approximate surface area is 61.4 Å². The van der Waals surface area contributed by atoms with Crippen LogP contribution in [0.2, 0.25) is 0 Å². The molecule has 0 unspecified atom stereocenters. The maximum Gasteiger partial charge on any atom is 0.0904 e. The van der Waals surface area contributed by atoms with E-state index in [1.807, 2.05) is 33.1 Å². The first kappa shape index (κ1) is 7.19. The van der Waals surface area contributed by atoms with Crippen LogP contribution in [0.3, 0.4) is 0 Å². The van der Waals surface area contributed by atoms with Gasteiger partial charge in [-0.1, -0.05) is 0 Å². The normalized spacial score (nSPS) is 22.1. The highest BCUT2D eigenvalue weighted by atomic mass is 14.9. The zero-order chi connectivity index (χ0) is 7.61. The molecule has 0 fully saturated rings. The molecule has 1 aliphatic heterocycles. The fourth-order valence-corrected chi connectivity index (χ4v) is 0.897. The van der Waals surface area contributed by atoms with Gasteiger partial charge in [-0.3, -0.25) is 9.98 Å². The maximum atomic E-state index is 4.39. The number of allylic oxidation sites excluding steroid dienone is 1. The molecule has 0 aromatic heterocycles. The van der Waals surface area contributed by atoms with E-state index >= 15 is 0 Å². The first-order chi connectivity index (χ1) is 4.60. The highest BCUT2D eigenvalue weighted by molar-refractivity contribution is 5.95. The lowest BCUT2D eigenvalue weighted by Gasteiger charge is -2.11. The van der Waals surface area contributed by atoms with Crippen molar-refractivity contribution in [1.82, 2.24) is 0 Å². The molecule has 0 bridgehead atoms. The molecular formula is C8H12N2. The molecule has 0 aromatic carbocycles. The molecule has 54 valence electrons. The van der Waals surface area contributed by atoms with Crippen molar-refractivity contribution in [2.45, 2.75) is 26.3 Å². The van der Waals surface area contributed by atoms with E-state index in [1.165, 1.54) is 0 Å². The molecule has 1 aliphatic rings. The standard InChI is InChI=1S/C8H12N2/c1-7-4-5-9-6-8(2,3)10-7/h4-6H,1-3H3. The Bertz CT molecular complexity index is 209. The molecular weight excluding hydrogens is 124 g/mol. The summed E-state index contributed by atoms with van der Waals surface area (Å²) in [6.07, 6.45) is 5.53. The van der Waals surface area contributed by atoms with Gasteiger partial charge in [-0.25, -0.2) is 0 Å². The van der Waals surface area contributed by atoms with Crippen LogP contribution in [-0.4, -0.2) is 17.5 Å². The summed E-state index contributed by atoms with van der Waals surface area (Å²) < 4.78 is 0. The fourth-order valence-electron chi connectivity index (χ4n) is 0.897. The van der Waals surface area contributed by atoms with Crippen molar-refractivity contribution in [3.8, 4) is 0 Å². The lowest BCUT2D eigenvalue weighted by Crippen LogP contribution is -2.18. The summed E-state index contributed by atoms with van der Waals surface area (Å²) in [4.78, 5) is 8.44. The highest BCUT2D eigenvalue weighted by Gasteiger charge is 2.12. The van der Waals surface area contributed by atoms with Crippen LogP contribution in [0.1, 0.15) is 20.8 Å². The number of aliphatic imine (C=N–C) groups is 2. The topological polar surface area (TPSA) is 24.7 Å².